The highest BCUT2D eigenvalue weighted by Gasteiger charge is 2.67. The lowest BCUT2D eigenvalue weighted by Gasteiger charge is -2.27. The van der Waals surface area contributed by atoms with Gasteiger partial charge < -0.3 is 15.1 Å². The summed E-state index contributed by atoms with van der Waals surface area (Å²) >= 11 is 3.38. The van der Waals surface area contributed by atoms with Gasteiger partial charge in [0.05, 0.1) is 5.52 Å². The first kappa shape index (κ1) is 33.7. The van der Waals surface area contributed by atoms with Crippen LogP contribution in [-0.4, -0.2) is 83.7 Å². The van der Waals surface area contributed by atoms with Gasteiger partial charge in [0, 0.05) is 67.3 Å². The van der Waals surface area contributed by atoms with Crippen LogP contribution in [-0.2, 0) is 20.9 Å². The van der Waals surface area contributed by atoms with Gasteiger partial charge in [0.2, 0.25) is 17.7 Å². The number of amides is 3. The van der Waals surface area contributed by atoms with Crippen molar-refractivity contribution in [3.05, 3.63) is 70.0 Å². The summed E-state index contributed by atoms with van der Waals surface area (Å²) < 4.78 is 2.19. The monoisotopic (exact) mass is 738 g/mol. The van der Waals surface area contributed by atoms with Crippen LogP contribution >= 0.6 is 15.9 Å². The van der Waals surface area contributed by atoms with E-state index in [1.165, 1.54) is 6.92 Å². The molecule has 2 bridgehead atoms. The molecule has 3 aliphatic rings. The van der Waals surface area contributed by atoms with E-state index in [0.717, 1.165) is 41.5 Å². The van der Waals surface area contributed by atoms with E-state index in [-0.39, 0.29) is 47.2 Å². The number of anilines is 1. The predicted molar refractivity (Wildman–Crippen MR) is 192 cm³/mol. The molecule has 1 aliphatic carbocycles. The number of hydrogen-bond donors (Lipinski definition) is 1. The number of allylic oxidation sites excluding steroid dienone is 1. The van der Waals surface area contributed by atoms with E-state index in [2.05, 4.69) is 42.3 Å². The summed E-state index contributed by atoms with van der Waals surface area (Å²) in [5.74, 6) is 0.298. The number of carbonyl (C=O) groups is 4. The maximum atomic E-state index is 14.5. The van der Waals surface area contributed by atoms with Gasteiger partial charge in [-0.1, -0.05) is 18.2 Å². The van der Waals surface area contributed by atoms with E-state index >= 15 is 0 Å². The van der Waals surface area contributed by atoms with Crippen molar-refractivity contribution in [2.24, 2.45) is 5.41 Å². The second kappa shape index (κ2) is 13.2. The second-order valence-electron chi connectivity index (χ2n) is 13.8. The molecule has 2 fully saturated rings. The van der Waals surface area contributed by atoms with Crippen molar-refractivity contribution in [2.45, 2.75) is 77.9 Å². The molecule has 0 radical (unpaired) electrons. The Hall–Kier alpha value is -4.78. The molecule has 3 atom stereocenters. The summed E-state index contributed by atoms with van der Waals surface area (Å²) in [6.07, 6.45) is 11.4. The van der Waals surface area contributed by atoms with E-state index in [4.69, 9.17) is 5.10 Å². The van der Waals surface area contributed by atoms with Crippen molar-refractivity contribution in [2.75, 3.05) is 18.9 Å². The van der Waals surface area contributed by atoms with Crippen LogP contribution in [0.15, 0.2) is 47.3 Å². The molecular formula is C37H39BrN8O4. The molecule has 0 unspecified atom stereocenters. The molecule has 0 spiro atoms. The lowest BCUT2D eigenvalue weighted by Crippen LogP contribution is -2.47. The minimum atomic E-state index is -0.773. The van der Waals surface area contributed by atoms with Crippen LogP contribution in [0.3, 0.4) is 0 Å². The number of aryl methyl sites for hydroxylation is 2. The lowest BCUT2D eigenvalue weighted by molar-refractivity contribution is -0.138. The SMILES string of the molecule is CC(=O)c1nn2c3c(cc(-c4cnc(C)nc4)cc13)/C=C/CCCCC(=O)N(C)C[C@@]13C[C@@H](C(=O)Nc4nc(Br)ccc4C)N(C(=O)C2)[C@@H]1C3. The minimum Gasteiger partial charge on any atom is -0.345 e. The fourth-order valence-corrected chi connectivity index (χ4v) is 7.85. The van der Waals surface area contributed by atoms with Gasteiger partial charge in [0.1, 0.15) is 34.5 Å². The van der Waals surface area contributed by atoms with E-state index in [9.17, 15) is 19.2 Å². The molecule has 12 nitrogen and oxygen atoms in total. The number of rotatable bonds is 4. The first-order valence-electron chi connectivity index (χ1n) is 16.9. The fourth-order valence-electron chi connectivity index (χ4n) is 7.54. The zero-order valence-corrected chi connectivity index (χ0v) is 30.2. The third-order valence-electron chi connectivity index (χ3n) is 10.2. The van der Waals surface area contributed by atoms with Gasteiger partial charge in [-0.15, -0.1) is 0 Å². The molecule has 4 aromatic rings. The lowest BCUT2D eigenvalue weighted by atomic mass is 9.98. The second-order valence-corrected chi connectivity index (χ2v) is 14.6. The van der Waals surface area contributed by atoms with Gasteiger partial charge in [-0.25, -0.2) is 15.0 Å². The van der Waals surface area contributed by atoms with E-state index in [1.54, 1.807) is 32.9 Å². The Labute approximate surface area is 298 Å². The minimum absolute atomic E-state index is 0.0599. The summed E-state index contributed by atoms with van der Waals surface area (Å²) in [4.78, 5) is 71.3. The van der Waals surface area contributed by atoms with Crippen LogP contribution in [0.1, 0.15) is 72.9 Å². The molecule has 3 amide bonds. The molecule has 1 saturated carbocycles. The smallest absolute Gasteiger partial charge is 0.248 e. The van der Waals surface area contributed by atoms with E-state index in [0.29, 0.717) is 53.0 Å². The summed E-state index contributed by atoms with van der Waals surface area (Å²) in [5, 5.41) is 8.31. The number of Topliss-reactive ketones (excluding diaryl/α,β-unsaturated/α-hetero) is 1. The Morgan fingerprint density at radius 3 is 2.56 bits per heavy atom. The molecule has 7 rings (SSSR count). The van der Waals surface area contributed by atoms with Crippen molar-refractivity contribution in [3.8, 4) is 11.1 Å². The number of ketones is 1. The van der Waals surface area contributed by atoms with Crippen molar-refractivity contribution < 1.29 is 19.2 Å². The van der Waals surface area contributed by atoms with Gasteiger partial charge in [-0.2, -0.15) is 5.10 Å². The van der Waals surface area contributed by atoms with Gasteiger partial charge in [0.25, 0.3) is 0 Å². The number of carbonyl (C=O) groups excluding carboxylic acids is 4. The fraction of sp³-hybridized carbons (Fsp3) is 0.405. The molecule has 5 heterocycles. The average Bonchev–Trinajstić information content (AvgIpc) is 3.47. The molecule has 3 aromatic heterocycles. The standard InChI is InChI=1S/C37H39BrN8O4/c1-21-11-12-30(38)41-35(21)42-36(50)28-15-37-16-29(37)46(28)32(49)19-45-34-24(9-7-5-6-8-10-31(48)44(4)20-37)13-25(26-17-39-23(3)40-18-26)14-27(34)33(43-45)22(2)47/h7,9,11-14,17-18,28-29H,5-6,8,10,15-16,19-20H2,1-4H3,(H,41,42,50)/b9-7+/t28-,29+,37-/m0/s1. The van der Waals surface area contributed by atoms with Crippen LogP contribution in [0.2, 0.25) is 0 Å². The zero-order valence-electron chi connectivity index (χ0n) is 28.6. The third kappa shape index (κ3) is 6.34. The van der Waals surface area contributed by atoms with Crippen molar-refractivity contribution in [3.63, 3.8) is 0 Å². The highest BCUT2D eigenvalue weighted by atomic mass is 79.9. The van der Waals surface area contributed by atoms with Crippen LogP contribution in [0, 0.1) is 19.3 Å². The van der Waals surface area contributed by atoms with Gasteiger partial charge in [0.15, 0.2) is 5.78 Å². The van der Waals surface area contributed by atoms with E-state index < -0.39 is 6.04 Å². The van der Waals surface area contributed by atoms with Gasteiger partial charge in [-0.3, -0.25) is 23.9 Å². The zero-order chi connectivity index (χ0) is 35.3. The predicted octanol–water partition coefficient (Wildman–Crippen LogP) is 5.51. The number of aromatic nitrogens is 5. The van der Waals surface area contributed by atoms with Crippen LogP contribution < -0.4 is 5.32 Å². The number of nitrogens with one attached hydrogen (secondary N) is 1. The normalized spacial score (nSPS) is 23.1. The summed E-state index contributed by atoms with van der Waals surface area (Å²) in [6.45, 7) is 5.45. The molecule has 1 aromatic carbocycles. The first-order chi connectivity index (χ1) is 23.9. The Kier molecular flexibility index (Phi) is 8.87. The van der Waals surface area contributed by atoms with Crippen molar-refractivity contribution in [1.82, 2.24) is 34.5 Å². The third-order valence-corrected chi connectivity index (χ3v) is 10.6. The molecule has 1 saturated heterocycles. The number of halogens is 1. The largest absolute Gasteiger partial charge is 0.345 e. The van der Waals surface area contributed by atoms with Crippen LogP contribution in [0.25, 0.3) is 28.1 Å². The molecule has 258 valence electrons. The van der Waals surface area contributed by atoms with Gasteiger partial charge >= 0.3 is 0 Å². The maximum absolute atomic E-state index is 14.5. The molecular weight excluding hydrogens is 700 g/mol. The summed E-state index contributed by atoms with van der Waals surface area (Å²) in [6, 6.07) is 6.58. The number of piperidine rings is 1. The van der Waals surface area contributed by atoms with Crippen LogP contribution in [0.4, 0.5) is 5.82 Å². The Bertz CT molecular complexity index is 2080. The molecule has 13 heteroatoms. The number of pyridine rings is 1. The first-order valence-corrected chi connectivity index (χ1v) is 17.7. The molecule has 1 N–H and O–H groups in total. The van der Waals surface area contributed by atoms with Gasteiger partial charge in [-0.05, 0) is 91.2 Å². The number of hydrogen-bond acceptors (Lipinski definition) is 8. The van der Waals surface area contributed by atoms with Crippen molar-refractivity contribution >= 4 is 62.2 Å². The molecule has 2 aliphatic heterocycles. The Morgan fingerprint density at radius 1 is 1.02 bits per heavy atom. The average molecular weight is 740 g/mol. The number of nitrogens with zero attached hydrogens (tertiary/aromatic N) is 7. The Morgan fingerprint density at radius 2 is 1.80 bits per heavy atom. The van der Waals surface area contributed by atoms with Crippen LogP contribution in [0.5, 0.6) is 0 Å². The Balaban J connectivity index is 1.31. The highest BCUT2D eigenvalue weighted by molar-refractivity contribution is 9.10. The highest BCUT2D eigenvalue weighted by Crippen LogP contribution is 2.60. The van der Waals surface area contributed by atoms with E-state index in [1.807, 2.05) is 45.2 Å². The quantitative estimate of drug-likeness (QED) is 0.213. The van der Waals surface area contributed by atoms with Crippen molar-refractivity contribution in [1.29, 1.82) is 0 Å². The maximum Gasteiger partial charge on any atom is 0.248 e. The summed E-state index contributed by atoms with van der Waals surface area (Å²) in [5.41, 5.74) is 3.73. The topological polar surface area (TPSA) is 143 Å². The molecule has 50 heavy (non-hydrogen) atoms. The number of benzene rings is 1. The summed E-state index contributed by atoms with van der Waals surface area (Å²) in [7, 11) is 1.81.